The molecule has 1 atom stereocenters. The lowest BCUT2D eigenvalue weighted by atomic mass is 10.1. The summed E-state index contributed by atoms with van der Waals surface area (Å²) >= 11 is 0. The van der Waals surface area contributed by atoms with Crippen LogP contribution in [0.3, 0.4) is 0 Å². The number of pyridine rings is 1. The summed E-state index contributed by atoms with van der Waals surface area (Å²) in [5.74, 6) is 0.536. The van der Waals surface area contributed by atoms with E-state index in [1.165, 1.54) is 19.2 Å². The van der Waals surface area contributed by atoms with Crippen molar-refractivity contribution in [1.29, 1.82) is 0 Å². The second-order valence-electron chi connectivity index (χ2n) is 8.00. The fraction of sp³-hybridized carbons (Fsp3) is 0.348. The van der Waals surface area contributed by atoms with Crippen LogP contribution in [-0.4, -0.2) is 44.1 Å². The fourth-order valence-corrected chi connectivity index (χ4v) is 5.65. The second-order valence-corrected chi connectivity index (χ2v) is 9.91. The molecule has 182 valence electrons. The van der Waals surface area contributed by atoms with Crippen LogP contribution >= 0.6 is 0 Å². The van der Waals surface area contributed by atoms with E-state index in [2.05, 4.69) is 4.98 Å². The normalized spacial score (nSPS) is 16.9. The lowest BCUT2D eigenvalue weighted by Gasteiger charge is -2.26. The van der Waals surface area contributed by atoms with Crippen molar-refractivity contribution in [3.8, 4) is 5.75 Å². The molecule has 0 amide bonds. The number of halogens is 3. The average molecular weight is 497 g/mol. The first kappa shape index (κ1) is 24.2. The van der Waals surface area contributed by atoms with Gasteiger partial charge < -0.3 is 14.5 Å². The highest BCUT2D eigenvalue weighted by Gasteiger charge is 2.39. The van der Waals surface area contributed by atoms with E-state index >= 15 is 0 Å². The van der Waals surface area contributed by atoms with Gasteiger partial charge in [-0.1, -0.05) is 12.1 Å². The van der Waals surface area contributed by atoms with Crippen LogP contribution < -0.4 is 10.3 Å². The number of alkyl halides is 3. The molecule has 1 aliphatic rings. The number of rotatable bonds is 7. The van der Waals surface area contributed by atoms with Crippen LogP contribution in [0.4, 0.5) is 13.2 Å². The van der Waals surface area contributed by atoms with Gasteiger partial charge in [0.05, 0.1) is 23.7 Å². The minimum absolute atomic E-state index is 0.0896. The lowest BCUT2D eigenvalue weighted by molar-refractivity contribution is -0.139. The van der Waals surface area contributed by atoms with Crippen LogP contribution in [0.1, 0.15) is 24.0 Å². The van der Waals surface area contributed by atoms with E-state index in [0.717, 1.165) is 22.5 Å². The lowest BCUT2D eigenvalue weighted by Crippen LogP contribution is -2.39. The Balaban J connectivity index is 1.78. The van der Waals surface area contributed by atoms with Gasteiger partial charge in [0, 0.05) is 36.2 Å². The van der Waals surface area contributed by atoms with Crippen molar-refractivity contribution in [2.45, 2.75) is 36.6 Å². The van der Waals surface area contributed by atoms with Crippen LogP contribution in [0.5, 0.6) is 5.75 Å². The fourth-order valence-electron chi connectivity index (χ4n) is 3.99. The number of hydrogen-bond donors (Lipinski definition) is 1. The molecule has 2 heterocycles. The van der Waals surface area contributed by atoms with Crippen molar-refractivity contribution in [1.82, 2.24) is 9.29 Å². The maximum atomic E-state index is 13.6. The third kappa shape index (κ3) is 4.96. The minimum atomic E-state index is -4.86. The maximum absolute atomic E-state index is 13.6. The largest absolute Gasteiger partial charge is 0.497 e. The van der Waals surface area contributed by atoms with Gasteiger partial charge in [-0.3, -0.25) is 4.79 Å². The summed E-state index contributed by atoms with van der Waals surface area (Å²) in [5.41, 5.74) is -1.18. The van der Waals surface area contributed by atoms with Gasteiger partial charge in [0.15, 0.2) is 0 Å². The van der Waals surface area contributed by atoms with Crippen LogP contribution in [-0.2, 0) is 27.5 Å². The SMILES string of the molecule is COc1ccc2[nH]c(=O)c(CN(C[C@H]3CCCO3)S(=O)(=O)c3ccccc3C(F)(F)F)cc2c1. The molecule has 0 saturated carbocycles. The first-order valence-electron chi connectivity index (χ1n) is 10.6. The van der Waals surface area contributed by atoms with E-state index in [0.29, 0.717) is 36.1 Å². The molecule has 0 bridgehead atoms. The van der Waals surface area contributed by atoms with E-state index in [-0.39, 0.29) is 12.1 Å². The third-order valence-corrected chi connectivity index (χ3v) is 7.59. The first-order chi connectivity index (χ1) is 16.1. The molecule has 1 fully saturated rings. The molecule has 1 aliphatic heterocycles. The Labute approximate surface area is 194 Å². The molecular weight excluding hydrogens is 473 g/mol. The summed E-state index contributed by atoms with van der Waals surface area (Å²) in [5, 5.41) is 0.596. The number of methoxy groups -OCH3 is 1. The summed E-state index contributed by atoms with van der Waals surface area (Å²) in [4.78, 5) is 14.6. The zero-order chi connectivity index (χ0) is 24.5. The molecule has 1 saturated heterocycles. The summed E-state index contributed by atoms with van der Waals surface area (Å²) in [6.45, 7) is -0.158. The predicted octanol–water partition coefficient (Wildman–Crippen LogP) is 3.93. The van der Waals surface area contributed by atoms with Crippen molar-refractivity contribution in [2.24, 2.45) is 0 Å². The van der Waals surface area contributed by atoms with E-state index in [9.17, 15) is 26.4 Å². The quantitative estimate of drug-likeness (QED) is 0.536. The molecule has 0 radical (unpaired) electrons. The number of H-pyrrole nitrogens is 1. The molecule has 0 unspecified atom stereocenters. The van der Waals surface area contributed by atoms with E-state index in [1.54, 1.807) is 18.2 Å². The van der Waals surface area contributed by atoms with Crippen molar-refractivity contribution in [3.05, 3.63) is 70.0 Å². The number of sulfonamides is 1. The molecule has 0 spiro atoms. The summed E-state index contributed by atoms with van der Waals surface area (Å²) in [6, 6.07) is 10.5. The van der Waals surface area contributed by atoms with E-state index in [4.69, 9.17) is 9.47 Å². The smallest absolute Gasteiger partial charge is 0.417 e. The Bertz CT molecular complexity index is 1350. The average Bonchev–Trinajstić information content (AvgIpc) is 3.31. The maximum Gasteiger partial charge on any atom is 0.417 e. The topological polar surface area (TPSA) is 88.7 Å². The minimum Gasteiger partial charge on any atom is -0.497 e. The van der Waals surface area contributed by atoms with Crippen molar-refractivity contribution < 1.29 is 31.1 Å². The highest BCUT2D eigenvalue weighted by molar-refractivity contribution is 7.89. The van der Waals surface area contributed by atoms with Gasteiger partial charge in [-0.15, -0.1) is 0 Å². The molecule has 11 heteroatoms. The van der Waals surface area contributed by atoms with Gasteiger partial charge in [0.25, 0.3) is 5.56 Å². The van der Waals surface area contributed by atoms with Gasteiger partial charge in [-0.2, -0.15) is 17.5 Å². The van der Waals surface area contributed by atoms with E-state index < -0.39 is 44.9 Å². The van der Waals surface area contributed by atoms with Crippen molar-refractivity contribution >= 4 is 20.9 Å². The zero-order valence-electron chi connectivity index (χ0n) is 18.3. The number of fused-ring (bicyclic) bond motifs is 1. The summed E-state index contributed by atoms with van der Waals surface area (Å²) in [7, 11) is -3.14. The predicted molar refractivity (Wildman–Crippen MR) is 119 cm³/mol. The first-order valence-corrected chi connectivity index (χ1v) is 12.0. The standard InChI is InChI=1S/C23H23F3N2O5S/c1-32-17-8-9-20-15(12-17)11-16(22(29)27-20)13-28(14-18-5-4-10-33-18)34(30,31)21-7-3-2-6-19(21)23(24,25)26/h2-3,6-9,11-12,18H,4-5,10,13-14H2,1H3,(H,27,29)/t18-/m1/s1. The zero-order valence-corrected chi connectivity index (χ0v) is 19.1. The number of nitrogens with one attached hydrogen (secondary N) is 1. The number of aromatic nitrogens is 1. The van der Waals surface area contributed by atoms with Crippen LogP contribution in [0.25, 0.3) is 10.9 Å². The molecule has 3 aromatic rings. The number of aromatic amines is 1. The van der Waals surface area contributed by atoms with Crippen LogP contribution in [0, 0.1) is 0 Å². The van der Waals surface area contributed by atoms with Crippen molar-refractivity contribution in [2.75, 3.05) is 20.3 Å². The van der Waals surface area contributed by atoms with Gasteiger partial charge in [-0.25, -0.2) is 8.42 Å². The number of nitrogens with zero attached hydrogens (tertiary/aromatic N) is 1. The van der Waals surface area contributed by atoms with E-state index in [1.807, 2.05) is 0 Å². The van der Waals surface area contributed by atoms with Gasteiger partial charge in [0.1, 0.15) is 5.75 Å². The molecule has 7 nitrogen and oxygen atoms in total. The summed E-state index contributed by atoms with van der Waals surface area (Å²) < 4.78 is 79.5. The Morgan fingerprint density at radius 2 is 1.94 bits per heavy atom. The Kier molecular flexibility index (Phi) is 6.70. The molecular formula is C23H23F3N2O5S. The molecule has 4 rings (SSSR count). The Morgan fingerprint density at radius 1 is 1.18 bits per heavy atom. The second kappa shape index (κ2) is 9.40. The monoisotopic (exact) mass is 496 g/mol. The van der Waals surface area contributed by atoms with Gasteiger partial charge in [-0.05, 0) is 49.2 Å². The molecule has 0 aliphatic carbocycles. The van der Waals surface area contributed by atoms with Crippen molar-refractivity contribution in [3.63, 3.8) is 0 Å². The summed E-state index contributed by atoms with van der Waals surface area (Å²) in [6.07, 6.45) is -4.06. The number of hydrogen-bond acceptors (Lipinski definition) is 5. The number of benzene rings is 2. The molecule has 1 aromatic heterocycles. The Morgan fingerprint density at radius 3 is 2.62 bits per heavy atom. The van der Waals surface area contributed by atoms with Crippen LogP contribution in [0.2, 0.25) is 0 Å². The van der Waals surface area contributed by atoms with Crippen LogP contribution in [0.15, 0.2) is 58.2 Å². The molecule has 34 heavy (non-hydrogen) atoms. The Hall–Kier alpha value is -2.89. The molecule has 1 N–H and O–H groups in total. The molecule has 2 aromatic carbocycles. The van der Waals surface area contributed by atoms with Gasteiger partial charge >= 0.3 is 6.18 Å². The number of ether oxygens (including phenoxy) is 2. The highest BCUT2D eigenvalue weighted by Crippen LogP contribution is 2.35. The highest BCUT2D eigenvalue weighted by atomic mass is 32.2. The van der Waals surface area contributed by atoms with Gasteiger partial charge in [0.2, 0.25) is 10.0 Å². The third-order valence-electron chi connectivity index (χ3n) is 5.72.